The molecule has 0 atom stereocenters. The molecular formula is HB2IO. The van der Waals surface area contributed by atoms with Gasteiger partial charge in [-0.05, 0) is 0 Å². The van der Waals surface area contributed by atoms with Crippen LogP contribution in [-0.2, 0) is 0 Å². The first-order chi connectivity index (χ1) is 1.73. The molecule has 0 rings (SSSR count). The van der Waals surface area contributed by atoms with Gasteiger partial charge in [-0.2, -0.15) is 0 Å². The van der Waals surface area contributed by atoms with Crippen LogP contribution >= 0.6 is 22.4 Å². The van der Waals surface area contributed by atoms with Gasteiger partial charge in [0.25, 0.3) is 0 Å². The molecule has 0 aliphatic rings. The maximum Gasteiger partial charge on any atom is 0.301 e. The molecule has 4 heavy (non-hydrogen) atoms. The smallest absolute Gasteiger partial charge is 0.301 e. The summed E-state index contributed by atoms with van der Waals surface area (Å²) >= 11 is 1.68. The Morgan fingerprint density at radius 2 is 2.00 bits per heavy atom. The maximum absolute atomic E-state index is 7.82. The molecule has 2 radical (unpaired) electrons. The van der Waals surface area contributed by atoms with Crippen molar-refractivity contribution in [3.63, 3.8) is 0 Å². The molecule has 0 spiro atoms. The summed E-state index contributed by atoms with van der Waals surface area (Å²) < 4.78 is -0.697. The summed E-state index contributed by atoms with van der Waals surface area (Å²) in [6.45, 7) is 0. The monoisotopic (exact) mass is 166 g/mol. The van der Waals surface area contributed by atoms with Crippen molar-refractivity contribution in [2.24, 2.45) is 0 Å². The SMILES string of the molecule is [B]B(O)I. The van der Waals surface area contributed by atoms with Gasteiger partial charge < -0.3 is 5.02 Å². The van der Waals surface area contributed by atoms with Gasteiger partial charge in [-0.15, -0.1) is 22.4 Å². The van der Waals surface area contributed by atoms with E-state index >= 15 is 0 Å². The van der Waals surface area contributed by atoms with Gasteiger partial charge in [0.1, 0.15) is 0 Å². The Balaban J connectivity index is 2.32. The van der Waals surface area contributed by atoms with E-state index in [1.54, 1.807) is 22.4 Å². The van der Waals surface area contributed by atoms with Crippen LogP contribution in [0.4, 0.5) is 0 Å². The van der Waals surface area contributed by atoms with Crippen LogP contribution in [0.1, 0.15) is 0 Å². The van der Waals surface area contributed by atoms with E-state index in [2.05, 4.69) is 7.74 Å². The van der Waals surface area contributed by atoms with Crippen molar-refractivity contribution in [1.29, 1.82) is 0 Å². The molecule has 0 fully saturated rings. The maximum atomic E-state index is 7.82. The molecule has 0 unspecified atom stereocenters. The summed E-state index contributed by atoms with van der Waals surface area (Å²) in [6, 6.07) is 0. The Hall–Kier alpha value is 0.820. The Kier molecular flexibility index (Phi) is 2.51. The lowest BCUT2D eigenvalue weighted by molar-refractivity contribution is 0.618. The molecule has 1 N–H and O–H groups in total. The van der Waals surface area contributed by atoms with Crippen LogP contribution in [0.25, 0.3) is 0 Å². The highest BCUT2D eigenvalue weighted by atomic mass is 127. The summed E-state index contributed by atoms with van der Waals surface area (Å²) in [7, 11) is 4.65. The fourth-order valence-corrected chi connectivity index (χ4v) is 0. The third kappa shape index (κ3) is 13.9. The van der Waals surface area contributed by atoms with Crippen molar-refractivity contribution in [1.82, 2.24) is 0 Å². The average molecular weight is 166 g/mol. The molecule has 0 saturated heterocycles. The summed E-state index contributed by atoms with van der Waals surface area (Å²) in [6.07, 6.45) is 0. The van der Waals surface area contributed by atoms with Gasteiger partial charge in [0, 0.05) is 0 Å². The van der Waals surface area contributed by atoms with Gasteiger partial charge >= 0.3 is 4.66 Å². The van der Waals surface area contributed by atoms with Crippen molar-refractivity contribution in [3.05, 3.63) is 0 Å². The Morgan fingerprint density at radius 3 is 2.00 bits per heavy atom. The molecule has 1 nitrogen and oxygen atoms in total. The largest absolute Gasteiger partial charge is 0.449 e. The first kappa shape index (κ1) is 4.82. The summed E-state index contributed by atoms with van der Waals surface area (Å²) in [5, 5.41) is 7.82. The predicted molar refractivity (Wildman–Crippen MR) is 27.7 cm³/mol. The van der Waals surface area contributed by atoms with Crippen LogP contribution in [0.5, 0.6) is 0 Å². The zero-order valence-electron chi connectivity index (χ0n) is 1.98. The van der Waals surface area contributed by atoms with E-state index in [0.29, 0.717) is 0 Å². The standard InChI is InChI=1S/B2HIO/c1-2(3)4/h4H. The molecule has 0 bridgehead atoms. The van der Waals surface area contributed by atoms with Gasteiger partial charge in [-0.1, -0.05) is 0 Å². The lowest BCUT2D eigenvalue weighted by Gasteiger charge is -1.70. The van der Waals surface area contributed by atoms with E-state index < -0.39 is 4.66 Å². The van der Waals surface area contributed by atoms with E-state index in [0.717, 1.165) is 0 Å². The molecule has 0 saturated carbocycles. The van der Waals surface area contributed by atoms with Crippen molar-refractivity contribution >= 4 is 34.8 Å². The van der Waals surface area contributed by atoms with Gasteiger partial charge in [-0.25, -0.2) is 0 Å². The summed E-state index contributed by atoms with van der Waals surface area (Å²) in [5.74, 6) is 0. The van der Waals surface area contributed by atoms with Crippen LogP contribution in [0.15, 0.2) is 0 Å². The van der Waals surface area contributed by atoms with E-state index in [1.807, 2.05) is 0 Å². The second kappa shape index (κ2) is 2.08. The molecule has 0 aliphatic heterocycles. The Bertz CT molecular complexity index is 10.8. The third-order valence-electron chi connectivity index (χ3n) is 0. The minimum Gasteiger partial charge on any atom is -0.449 e. The normalized spacial score (nSPS) is 6.50. The van der Waals surface area contributed by atoms with Gasteiger partial charge in [0.15, 0.2) is 0 Å². The minimum atomic E-state index is -0.697. The number of hydrogen-bond donors (Lipinski definition) is 1. The summed E-state index contributed by atoms with van der Waals surface area (Å²) in [5.41, 5.74) is 0. The molecule has 0 aromatic heterocycles. The Labute approximate surface area is 40.2 Å². The van der Waals surface area contributed by atoms with Crippen molar-refractivity contribution in [2.75, 3.05) is 0 Å². The van der Waals surface area contributed by atoms with Crippen molar-refractivity contribution < 1.29 is 5.02 Å². The highest BCUT2D eigenvalue weighted by Crippen LogP contribution is 1.75. The number of hydrogen-bond acceptors (Lipinski definition) is 1. The quantitative estimate of drug-likeness (QED) is 0.382. The average Bonchev–Trinajstić information content (AvgIpc) is 0.811. The van der Waals surface area contributed by atoms with Gasteiger partial charge in [0.05, 0.1) is 7.74 Å². The fraction of sp³-hybridized carbons (Fsp3) is 0. The van der Waals surface area contributed by atoms with Gasteiger partial charge in [-0.3, -0.25) is 0 Å². The molecular weight excluding hydrogens is 165 g/mol. The zero-order chi connectivity index (χ0) is 3.58. The Morgan fingerprint density at radius 1 is 2.00 bits per heavy atom. The van der Waals surface area contributed by atoms with Crippen LogP contribution < -0.4 is 0 Å². The van der Waals surface area contributed by atoms with Crippen LogP contribution in [0, 0.1) is 0 Å². The molecule has 0 aromatic carbocycles. The molecule has 0 amide bonds. The molecule has 0 heterocycles. The minimum absolute atomic E-state index is 0.697. The fourth-order valence-electron chi connectivity index (χ4n) is 0. The van der Waals surface area contributed by atoms with Gasteiger partial charge in [0.2, 0.25) is 0 Å². The molecule has 4 heteroatoms. The summed E-state index contributed by atoms with van der Waals surface area (Å²) in [4.78, 5) is 0. The van der Waals surface area contributed by atoms with Crippen LogP contribution in [-0.4, -0.2) is 17.4 Å². The predicted octanol–water partition coefficient (Wildman–Crippen LogP) is -0.433. The van der Waals surface area contributed by atoms with E-state index in [4.69, 9.17) is 5.02 Å². The van der Waals surface area contributed by atoms with Crippen molar-refractivity contribution in [3.8, 4) is 0 Å². The van der Waals surface area contributed by atoms with E-state index in [-0.39, 0.29) is 0 Å². The molecule has 0 aliphatic carbocycles. The topological polar surface area (TPSA) is 20.2 Å². The van der Waals surface area contributed by atoms with Crippen LogP contribution in [0.3, 0.4) is 0 Å². The van der Waals surface area contributed by atoms with Crippen LogP contribution in [0.2, 0.25) is 0 Å². The molecule has 0 aromatic rings. The number of rotatable bonds is 0. The number of halogens is 1. The first-order valence-electron chi connectivity index (χ1n) is 0.810. The highest BCUT2D eigenvalue weighted by molar-refractivity contribution is 14.1. The van der Waals surface area contributed by atoms with E-state index in [1.165, 1.54) is 0 Å². The third-order valence-corrected chi connectivity index (χ3v) is 0. The van der Waals surface area contributed by atoms with Crippen molar-refractivity contribution in [2.45, 2.75) is 0 Å². The van der Waals surface area contributed by atoms with E-state index in [9.17, 15) is 0 Å². The highest BCUT2D eigenvalue weighted by Gasteiger charge is 1.83. The second-order valence-corrected chi connectivity index (χ2v) is 1.65. The first-order valence-corrected chi connectivity index (χ1v) is 2.06. The lowest BCUT2D eigenvalue weighted by Crippen LogP contribution is -1.96. The second-order valence-electron chi connectivity index (χ2n) is 0.373. The lowest BCUT2D eigenvalue weighted by atomic mass is 9.72. The zero-order valence-corrected chi connectivity index (χ0v) is 4.14. The molecule has 20 valence electrons.